The van der Waals surface area contributed by atoms with Crippen molar-refractivity contribution in [2.45, 2.75) is 13.8 Å². The Labute approximate surface area is 90.4 Å². The summed E-state index contributed by atoms with van der Waals surface area (Å²) >= 11 is 0. The number of allylic oxidation sites excluding steroid dienone is 3. The minimum Gasteiger partial charge on any atom is -0.216 e. The van der Waals surface area contributed by atoms with Crippen LogP contribution in [-0.4, -0.2) is 0 Å². The van der Waals surface area contributed by atoms with E-state index in [1.54, 1.807) is 0 Å². The molecule has 0 heterocycles. The molecule has 0 nitrogen and oxygen atoms in total. The predicted molar refractivity (Wildman–Crippen MR) is 65.2 cm³/mol. The van der Waals surface area contributed by atoms with E-state index in [0.717, 1.165) is 16.7 Å². The van der Waals surface area contributed by atoms with Gasteiger partial charge in [0.2, 0.25) is 0 Å². The van der Waals surface area contributed by atoms with Gasteiger partial charge in [0.15, 0.2) is 0 Å². The lowest BCUT2D eigenvalue weighted by atomic mass is 10.0. The summed E-state index contributed by atoms with van der Waals surface area (Å²) in [6.07, 6.45) is 9.86. The molecule has 0 aromatic heterocycles. The van der Waals surface area contributed by atoms with Crippen LogP contribution in [0.25, 0.3) is 12.2 Å². The molecule has 15 heavy (non-hydrogen) atoms. The van der Waals surface area contributed by atoms with Crippen molar-refractivity contribution in [3.8, 4) is 0 Å². The van der Waals surface area contributed by atoms with E-state index >= 15 is 0 Å². The summed E-state index contributed by atoms with van der Waals surface area (Å²) in [5.74, 6) is 0. The van der Waals surface area contributed by atoms with Gasteiger partial charge in [0.25, 0.3) is 0 Å². The van der Waals surface area contributed by atoms with Crippen LogP contribution in [0.5, 0.6) is 0 Å². The van der Waals surface area contributed by atoms with E-state index in [2.05, 4.69) is 0 Å². The summed E-state index contributed by atoms with van der Waals surface area (Å²) in [4.78, 5) is 0. The van der Waals surface area contributed by atoms with Crippen molar-refractivity contribution in [2.75, 3.05) is 0 Å². The lowest BCUT2D eigenvalue weighted by Crippen LogP contribution is -1.82. The van der Waals surface area contributed by atoms with Gasteiger partial charge in [-0.25, -0.2) is 4.39 Å². The maximum absolute atomic E-state index is 12.2. The zero-order chi connectivity index (χ0) is 11.1. The molecular weight excluding hydrogens is 187 g/mol. The summed E-state index contributed by atoms with van der Waals surface area (Å²) in [6.45, 7) is 3.96. The van der Waals surface area contributed by atoms with Gasteiger partial charge in [0.05, 0.1) is 6.33 Å². The summed E-state index contributed by atoms with van der Waals surface area (Å²) in [5, 5.41) is 0. The van der Waals surface area contributed by atoms with Crippen molar-refractivity contribution in [3.05, 3.63) is 59.4 Å². The maximum Gasteiger partial charge on any atom is 0.0873 e. The van der Waals surface area contributed by atoms with Crippen molar-refractivity contribution >= 4 is 12.2 Å². The zero-order valence-corrected chi connectivity index (χ0v) is 9.07. The Morgan fingerprint density at radius 3 is 2.53 bits per heavy atom. The van der Waals surface area contributed by atoms with Crippen LogP contribution < -0.4 is 0 Å². The minimum absolute atomic E-state index is 0.571. The molecule has 0 aliphatic heterocycles. The highest BCUT2D eigenvalue weighted by atomic mass is 19.1. The smallest absolute Gasteiger partial charge is 0.0873 e. The number of aryl methyl sites for hydroxylation is 1. The molecule has 0 unspecified atom stereocenters. The Balaban J connectivity index is 3.05. The molecule has 0 saturated heterocycles. The molecule has 0 bridgehead atoms. The average molecular weight is 202 g/mol. The molecule has 0 atom stereocenters. The Hall–Kier alpha value is -1.63. The van der Waals surface area contributed by atoms with E-state index in [4.69, 9.17) is 0 Å². The van der Waals surface area contributed by atoms with Gasteiger partial charge >= 0.3 is 0 Å². The minimum atomic E-state index is 0.571. The zero-order valence-electron chi connectivity index (χ0n) is 9.07. The second-order valence-electron chi connectivity index (χ2n) is 3.31. The normalized spacial score (nSPS) is 12.2. The topological polar surface area (TPSA) is 0 Å². The molecule has 0 fully saturated rings. The van der Waals surface area contributed by atoms with E-state index in [1.165, 1.54) is 6.08 Å². The maximum atomic E-state index is 12.2. The number of rotatable bonds is 3. The van der Waals surface area contributed by atoms with Gasteiger partial charge in [-0.05, 0) is 31.1 Å². The SMILES string of the molecule is C/C=C\C=C/c1ccc(C)cc1/C=C/F. The third-order valence-corrected chi connectivity index (χ3v) is 2.06. The van der Waals surface area contributed by atoms with E-state index in [9.17, 15) is 4.39 Å². The van der Waals surface area contributed by atoms with E-state index in [0.29, 0.717) is 6.33 Å². The van der Waals surface area contributed by atoms with Crippen molar-refractivity contribution in [1.29, 1.82) is 0 Å². The van der Waals surface area contributed by atoms with Gasteiger partial charge in [-0.15, -0.1) is 0 Å². The Bertz CT molecular complexity index is 398. The first-order valence-corrected chi connectivity index (χ1v) is 4.94. The molecule has 1 rings (SSSR count). The molecule has 0 aliphatic rings. The Kier molecular flexibility index (Phi) is 4.55. The number of hydrogen-bond acceptors (Lipinski definition) is 0. The Morgan fingerprint density at radius 2 is 1.87 bits per heavy atom. The van der Waals surface area contributed by atoms with Crippen LogP contribution in [0.3, 0.4) is 0 Å². The van der Waals surface area contributed by atoms with Gasteiger partial charge in [-0.1, -0.05) is 48.1 Å². The van der Waals surface area contributed by atoms with Gasteiger partial charge in [0, 0.05) is 0 Å². The fourth-order valence-electron chi connectivity index (χ4n) is 1.33. The molecular formula is C14H15F. The van der Waals surface area contributed by atoms with Crippen LogP contribution in [-0.2, 0) is 0 Å². The van der Waals surface area contributed by atoms with Crippen molar-refractivity contribution in [2.24, 2.45) is 0 Å². The third kappa shape index (κ3) is 3.55. The number of benzene rings is 1. The van der Waals surface area contributed by atoms with Crippen LogP contribution >= 0.6 is 0 Å². The van der Waals surface area contributed by atoms with Crippen LogP contribution in [0.2, 0.25) is 0 Å². The van der Waals surface area contributed by atoms with Crippen LogP contribution in [0.1, 0.15) is 23.6 Å². The molecule has 0 aliphatic carbocycles. The van der Waals surface area contributed by atoms with Crippen molar-refractivity contribution in [3.63, 3.8) is 0 Å². The molecule has 0 saturated carbocycles. The van der Waals surface area contributed by atoms with E-state index in [1.807, 2.05) is 56.4 Å². The number of hydrogen-bond donors (Lipinski definition) is 0. The predicted octanol–water partition coefficient (Wildman–Crippen LogP) is 4.52. The third-order valence-electron chi connectivity index (χ3n) is 2.06. The standard InChI is InChI=1S/C14H15F/c1-3-4-5-6-13-8-7-12(2)11-14(13)9-10-15/h3-11H,1-2H3/b4-3-,6-5-,10-9+. The average Bonchev–Trinajstić information content (AvgIpc) is 2.22. The Morgan fingerprint density at radius 1 is 1.07 bits per heavy atom. The highest BCUT2D eigenvalue weighted by Gasteiger charge is 1.95. The van der Waals surface area contributed by atoms with Gasteiger partial charge in [-0.2, -0.15) is 0 Å². The van der Waals surface area contributed by atoms with E-state index in [-0.39, 0.29) is 0 Å². The van der Waals surface area contributed by atoms with Gasteiger partial charge in [-0.3, -0.25) is 0 Å². The summed E-state index contributed by atoms with van der Waals surface area (Å²) < 4.78 is 12.2. The van der Waals surface area contributed by atoms with Crippen molar-refractivity contribution in [1.82, 2.24) is 0 Å². The second-order valence-corrected chi connectivity index (χ2v) is 3.31. The largest absolute Gasteiger partial charge is 0.216 e. The quantitative estimate of drug-likeness (QED) is 0.632. The first-order valence-electron chi connectivity index (χ1n) is 4.94. The lowest BCUT2D eigenvalue weighted by molar-refractivity contribution is 0.727. The molecule has 0 spiro atoms. The molecule has 1 aromatic carbocycles. The molecule has 0 amide bonds. The monoisotopic (exact) mass is 202 g/mol. The fourth-order valence-corrected chi connectivity index (χ4v) is 1.33. The molecule has 0 radical (unpaired) electrons. The highest BCUT2D eigenvalue weighted by molar-refractivity contribution is 5.66. The van der Waals surface area contributed by atoms with E-state index < -0.39 is 0 Å². The van der Waals surface area contributed by atoms with Crippen LogP contribution in [0.15, 0.2) is 42.8 Å². The first-order chi connectivity index (χ1) is 7.27. The summed E-state index contributed by atoms with van der Waals surface area (Å²) in [5.41, 5.74) is 3.05. The van der Waals surface area contributed by atoms with Crippen LogP contribution in [0.4, 0.5) is 4.39 Å². The van der Waals surface area contributed by atoms with Gasteiger partial charge < -0.3 is 0 Å². The van der Waals surface area contributed by atoms with Crippen LogP contribution in [0, 0.1) is 6.92 Å². The van der Waals surface area contributed by atoms with Gasteiger partial charge in [0.1, 0.15) is 0 Å². The molecule has 0 N–H and O–H groups in total. The second kappa shape index (κ2) is 5.97. The fraction of sp³-hybridized carbons (Fsp3) is 0.143. The van der Waals surface area contributed by atoms with Crippen molar-refractivity contribution < 1.29 is 4.39 Å². The highest BCUT2D eigenvalue weighted by Crippen LogP contribution is 2.15. The molecule has 1 aromatic rings. The molecule has 1 heteroatoms. The lowest BCUT2D eigenvalue weighted by Gasteiger charge is -2.01. The molecule has 78 valence electrons. The first kappa shape index (κ1) is 11.4. The summed E-state index contributed by atoms with van der Waals surface area (Å²) in [6, 6.07) is 5.97. The summed E-state index contributed by atoms with van der Waals surface area (Å²) in [7, 11) is 0. The number of halogens is 1.